The lowest BCUT2D eigenvalue weighted by atomic mass is 10.0. The smallest absolute Gasteiger partial charge is 0.323 e. The number of anilines is 1. The molecule has 0 atom stereocenters. The molecule has 0 radical (unpaired) electrons. The van der Waals surface area contributed by atoms with E-state index < -0.39 is 12.5 Å². The molecule has 4 aromatic rings. The third-order valence-corrected chi connectivity index (χ3v) is 5.79. The van der Waals surface area contributed by atoms with Gasteiger partial charge in [0.25, 0.3) is 5.91 Å². The zero-order valence-corrected chi connectivity index (χ0v) is 20.4. The van der Waals surface area contributed by atoms with E-state index in [0.29, 0.717) is 22.7 Å². The largest absolute Gasteiger partial charge is 0.496 e. The summed E-state index contributed by atoms with van der Waals surface area (Å²) in [6.45, 7) is 3.30. The molecule has 36 heavy (non-hydrogen) atoms. The summed E-state index contributed by atoms with van der Waals surface area (Å²) in [7, 11) is 1.63. The second kappa shape index (κ2) is 10.8. The summed E-state index contributed by atoms with van der Waals surface area (Å²) < 4.78 is 11.8. The van der Waals surface area contributed by atoms with Gasteiger partial charge in [0, 0.05) is 16.8 Å². The first-order valence-corrected chi connectivity index (χ1v) is 11.5. The Bertz CT molecular complexity index is 1360. The first-order chi connectivity index (χ1) is 17.4. The Balaban J connectivity index is 1.68. The first kappa shape index (κ1) is 24.5. The van der Waals surface area contributed by atoms with Gasteiger partial charge in [-0.25, -0.2) is 0 Å². The molecule has 0 bridgehead atoms. The van der Waals surface area contributed by atoms with Crippen LogP contribution in [0.5, 0.6) is 17.2 Å². The lowest BCUT2D eigenvalue weighted by molar-refractivity contribution is -0.135. The van der Waals surface area contributed by atoms with Gasteiger partial charge in [0.15, 0.2) is 0 Å². The van der Waals surface area contributed by atoms with E-state index in [2.05, 4.69) is 0 Å². The molecule has 0 aliphatic rings. The summed E-state index contributed by atoms with van der Waals surface area (Å²) in [5.41, 5.74) is 4.38. The Kier molecular flexibility index (Phi) is 7.35. The molecule has 6 heteroatoms. The molecule has 0 saturated heterocycles. The number of hydrogen-bond acceptors (Lipinski definition) is 4. The Morgan fingerprint density at radius 2 is 1.44 bits per heavy atom. The molecule has 4 rings (SSSR count). The SMILES string of the molecule is COc1ccc(Oc2c(C)cc(N(CC(=O)O)C(=O)c3ccccc3)cc2C)cc1-c1ccccc1. The van der Waals surface area contributed by atoms with Gasteiger partial charge in [-0.3, -0.25) is 14.5 Å². The molecule has 0 aliphatic carbocycles. The number of benzene rings is 4. The highest BCUT2D eigenvalue weighted by atomic mass is 16.5. The van der Waals surface area contributed by atoms with Crippen LogP contribution in [0.25, 0.3) is 11.1 Å². The van der Waals surface area contributed by atoms with E-state index in [0.717, 1.165) is 28.0 Å². The summed E-state index contributed by atoms with van der Waals surface area (Å²) in [6.07, 6.45) is 0. The van der Waals surface area contributed by atoms with Crippen LogP contribution in [0.3, 0.4) is 0 Å². The second-order valence-corrected chi connectivity index (χ2v) is 8.39. The van der Waals surface area contributed by atoms with E-state index in [4.69, 9.17) is 9.47 Å². The fraction of sp³-hybridized carbons (Fsp3) is 0.133. The average molecular weight is 482 g/mol. The lowest BCUT2D eigenvalue weighted by Gasteiger charge is -2.23. The van der Waals surface area contributed by atoms with Crippen LogP contribution in [0.4, 0.5) is 5.69 Å². The molecule has 0 saturated carbocycles. The van der Waals surface area contributed by atoms with Gasteiger partial charge in [-0.2, -0.15) is 0 Å². The van der Waals surface area contributed by atoms with Crippen LogP contribution in [0.1, 0.15) is 21.5 Å². The molecule has 0 aliphatic heterocycles. The molecule has 0 heterocycles. The van der Waals surface area contributed by atoms with Crippen LogP contribution in [0.2, 0.25) is 0 Å². The van der Waals surface area contributed by atoms with Crippen molar-refractivity contribution in [2.24, 2.45) is 0 Å². The van der Waals surface area contributed by atoms with Gasteiger partial charge in [-0.1, -0.05) is 48.5 Å². The van der Waals surface area contributed by atoms with Crippen molar-refractivity contribution in [3.05, 3.63) is 108 Å². The number of ether oxygens (including phenoxy) is 2. The number of carboxylic acids is 1. The van der Waals surface area contributed by atoms with Gasteiger partial charge in [-0.15, -0.1) is 0 Å². The maximum Gasteiger partial charge on any atom is 0.323 e. The minimum absolute atomic E-state index is 0.381. The number of nitrogens with zero attached hydrogens (tertiary/aromatic N) is 1. The monoisotopic (exact) mass is 481 g/mol. The van der Waals surface area contributed by atoms with Crippen molar-refractivity contribution in [3.63, 3.8) is 0 Å². The maximum atomic E-state index is 13.1. The highest BCUT2D eigenvalue weighted by Crippen LogP contribution is 2.37. The van der Waals surface area contributed by atoms with Crippen molar-refractivity contribution in [1.82, 2.24) is 0 Å². The highest BCUT2D eigenvalue weighted by molar-refractivity contribution is 6.08. The summed E-state index contributed by atoms with van der Waals surface area (Å²) in [6, 6.07) is 27.7. The van der Waals surface area contributed by atoms with Crippen molar-refractivity contribution < 1.29 is 24.2 Å². The fourth-order valence-electron chi connectivity index (χ4n) is 4.11. The Morgan fingerprint density at radius 3 is 2.03 bits per heavy atom. The van der Waals surface area contributed by atoms with Gasteiger partial charge >= 0.3 is 5.97 Å². The van der Waals surface area contributed by atoms with Gasteiger partial charge < -0.3 is 14.6 Å². The van der Waals surface area contributed by atoms with Crippen LogP contribution in [0, 0.1) is 13.8 Å². The number of carbonyl (C=O) groups is 2. The maximum absolute atomic E-state index is 13.1. The standard InChI is InChI=1S/C30H27NO5/c1-20-16-24(31(19-28(32)33)30(34)23-12-8-5-9-13-23)17-21(2)29(20)36-25-14-15-27(35-3)26(18-25)22-10-6-4-7-11-22/h4-18H,19H2,1-3H3,(H,32,33). The third-order valence-electron chi connectivity index (χ3n) is 5.79. The Morgan fingerprint density at radius 1 is 0.833 bits per heavy atom. The molecular weight excluding hydrogens is 454 g/mol. The number of aliphatic carboxylic acids is 1. The quantitative estimate of drug-likeness (QED) is 0.311. The van der Waals surface area contributed by atoms with E-state index in [1.807, 2.05) is 62.4 Å². The summed E-state index contributed by atoms with van der Waals surface area (Å²) in [5.74, 6) is 0.539. The number of hydrogen-bond donors (Lipinski definition) is 1. The van der Waals surface area contributed by atoms with Crippen molar-refractivity contribution >= 4 is 17.6 Å². The second-order valence-electron chi connectivity index (χ2n) is 8.39. The van der Waals surface area contributed by atoms with Gasteiger partial charge in [0.05, 0.1) is 7.11 Å². The third kappa shape index (κ3) is 5.39. The van der Waals surface area contributed by atoms with E-state index >= 15 is 0 Å². The lowest BCUT2D eigenvalue weighted by Crippen LogP contribution is -2.35. The van der Waals surface area contributed by atoms with Crippen molar-refractivity contribution in [3.8, 4) is 28.4 Å². The first-order valence-electron chi connectivity index (χ1n) is 11.5. The normalized spacial score (nSPS) is 10.5. The highest BCUT2D eigenvalue weighted by Gasteiger charge is 2.22. The number of carbonyl (C=O) groups excluding carboxylic acids is 1. The number of methoxy groups -OCH3 is 1. The van der Waals surface area contributed by atoms with E-state index in [9.17, 15) is 14.7 Å². The minimum Gasteiger partial charge on any atom is -0.496 e. The Hall–Kier alpha value is -4.58. The van der Waals surface area contributed by atoms with Crippen molar-refractivity contribution in [1.29, 1.82) is 0 Å². The van der Waals surface area contributed by atoms with Crippen LogP contribution in [0.15, 0.2) is 91.0 Å². The molecule has 0 aromatic heterocycles. The predicted octanol–water partition coefficient (Wildman–Crippen LogP) is 6.50. The zero-order valence-electron chi connectivity index (χ0n) is 20.4. The molecule has 0 fully saturated rings. The molecular formula is C30H27NO5. The molecule has 4 aromatic carbocycles. The molecule has 1 N–H and O–H groups in total. The van der Waals surface area contributed by atoms with Crippen LogP contribution < -0.4 is 14.4 Å². The average Bonchev–Trinajstić information content (AvgIpc) is 2.89. The van der Waals surface area contributed by atoms with Crippen molar-refractivity contribution in [2.75, 3.05) is 18.6 Å². The molecule has 0 spiro atoms. The zero-order chi connectivity index (χ0) is 25.7. The number of carboxylic acid groups (broad SMARTS) is 1. The number of amides is 1. The van der Waals surface area contributed by atoms with E-state index in [1.54, 1.807) is 49.6 Å². The number of aryl methyl sites for hydroxylation is 2. The molecule has 182 valence electrons. The molecule has 6 nitrogen and oxygen atoms in total. The molecule has 1 amide bonds. The summed E-state index contributed by atoms with van der Waals surface area (Å²) >= 11 is 0. The van der Waals surface area contributed by atoms with E-state index in [-0.39, 0.29) is 5.91 Å². The van der Waals surface area contributed by atoms with Crippen LogP contribution in [-0.2, 0) is 4.79 Å². The van der Waals surface area contributed by atoms with E-state index in [1.165, 1.54) is 4.90 Å². The Labute approximate surface area is 210 Å². The van der Waals surface area contributed by atoms with Crippen LogP contribution in [-0.4, -0.2) is 30.6 Å². The van der Waals surface area contributed by atoms with Gasteiger partial charge in [0.2, 0.25) is 0 Å². The topological polar surface area (TPSA) is 76.1 Å². The van der Waals surface area contributed by atoms with Crippen LogP contribution >= 0.6 is 0 Å². The fourth-order valence-corrected chi connectivity index (χ4v) is 4.11. The molecule has 0 unspecified atom stereocenters. The number of rotatable bonds is 8. The predicted molar refractivity (Wildman–Crippen MR) is 140 cm³/mol. The van der Waals surface area contributed by atoms with Gasteiger partial charge in [0.1, 0.15) is 23.8 Å². The van der Waals surface area contributed by atoms with Crippen molar-refractivity contribution in [2.45, 2.75) is 13.8 Å². The minimum atomic E-state index is -1.10. The summed E-state index contributed by atoms with van der Waals surface area (Å²) in [4.78, 5) is 26.0. The van der Waals surface area contributed by atoms with Gasteiger partial charge in [-0.05, 0) is 73.0 Å². The summed E-state index contributed by atoms with van der Waals surface area (Å²) in [5, 5.41) is 9.46.